The van der Waals surface area contributed by atoms with Gasteiger partial charge in [-0.1, -0.05) is 59.6 Å². The molecule has 5 rings (SSSR count). The van der Waals surface area contributed by atoms with Crippen molar-refractivity contribution < 1.29 is 28.9 Å². The molecular formula is C37H33Cl2NO6. The van der Waals surface area contributed by atoms with Crippen molar-refractivity contribution in [3.8, 4) is 17.6 Å². The summed E-state index contributed by atoms with van der Waals surface area (Å²) < 4.78 is 16.7. The van der Waals surface area contributed by atoms with Gasteiger partial charge in [0.05, 0.1) is 32.8 Å². The van der Waals surface area contributed by atoms with Crippen LogP contribution in [0.4, 0.5) is 0 Å². The van der Waals surface area contributed by atoms with Gasteiger partial charge >= 0.3 is 5.97 Å². The van der Waals surface area contributed by atoms with Gasteiger partial charge in [-0.2, -0.15) is 5.26 Å². The minimum atomic E-state index is -1.99. The molecule has 0 spiro atoms. The highest BCUT2D eigenvalue weighted by Gasteiger charge is 2.67. The van der Waals surface area contributed by atoms with Crippen molar-refractivity contribution in [3.05, 3.63) is 129 Å². The first kappa shape index (κ1) is 33.0. The molecular weight excluding hydrogens is 625 g/mol. The fourth-order valence-electron chi connectivity index (χ4n) is 6.79. The Morgan fingerprint density at radius 3 is 1.96 bits per heavy atom. The molecule has 5 atom stereocenters. The minimum Gasteiger partial charge on any atom is -0.497 e. The van der Waals surface area contributed by atoms with E-state index in [4.69, 9.17) is 37.4 Å². The molecule has 1 aliphatic carbocycles. The first-order valence-electron chi connectivity index (χ1n) is 14.8. The third-order valence-electron chi connectivity index (χ3n) is 8.91. The summed E-state index contributed by atoms with van der Waals surface area (Å²) in [5.41, 5.74) is -2.23. The first-order chi connectivity index (χ1) is 22.1. The number of carbonyl (C=O) groups excluding carboxylic acids is 2. The third kappa shape index (κ3) is 5.85. The van der Waals surface area contributed by atoms with Crippen LogP contribution in [0.3, 0.4) is 0 Å². The second-order valence-corrected chi connectivity index (χ2v) is 12.1. The van der Waals surface area contributed by atoms with E-state index in [0.29, 0.717) is 38.2 Å². The summed E-state index contributed by atoms with van der Waals surface area (Å²) in [5, 5.41) is 25.3. The van der Waals surface area contributed by atoms with Crippen LogP contribution in [-0.4, -0.2) is 37.7 Å². The van der Waals surface area contributed by atoms with Crippen molar-refractivity contribution in [2.75, 3.05) is 20.8 Å². The summed E-state index contributed by atoms with van der Waals surface area (Å²) in [6, 6.07) is 29.2. The van der Waals surface area contributed by atoms with Crippen molar-refractivity contribution in [1.82, 2.24) is 0 Å². The molecule has 1 saturated carbocycles. The van der Waals surface area contributed by atoms with Crippen molar-refractivity contribution in [2.45, 2.75) is 30.8 Å². The molecule has 0 amide bonds. The SMILES string of the molecule is CCOC(=O)[C@@]1(C#N)[C@H](c2cccc(OC)c2)C[C@](O)(c2ccc(Cl)cc2)[C@H](C(=O)c2ccc(Cl)cc2)[C@@H]1c1cccc(OC)c1. The molecule has 1 aliphatic rings. The Morgan fingerprint density at radius 2 is 1.41 bits per heavy atom. The van der Waals surface area contributed by atoms with Crippen LogP contribution in [0.5, 0.6) is 11.5 Å². The van der Waals surface area contributed by atoms with Crippen molar-refractivity contribution >= 4 is 35.0 Å². The van der Waals surface area contributed by atoms with Gasteiger partial charge in [0.25, 0.3) is 0 Å². The summed E-state index contributed by atoms with van der Waals surface area (Å²) in [4.78, 5) is 29.3. The molecule has 46 heavy (non-hydrogen) atoms. The Balaban J connectivity index is 1.92. The number of hydrogen-bond donors (Lipinski definition) is 1. The Labute approximate surface area is 278 Å². The molecule has 4 aromatic rings. The maximum Gasteiger partial charge on any atom is 0.327 e. The molecule has 0 aliphatic heterocycles. The molecule has 0 bridgehead atoms. The molecule has 9 heteroatoms. The van der Waals surface area contributed by atoms with E-state index >= 15 is 0 Å². The molecule has 1 fully saturated rings. The molecule has 0 heterocycles. The number of carbonyl (C=O) groups is 2. The number of rotatable bonds is 9. The highest BCUT2D eigenvalue weighted by Crippen LogP contribution is 2.64. The number of ether oxygens (including phenoxy) is 3. The zero-order valence-corrected chi connectivity index (χ0v) is 27.1. The van der Waals surface area contributed by atoms with E-state index < -0.39 is 40.5 Å². The Morgan fingerprint density at radius 1 is 0.870 bits per heavy atom. The van der Waals surface area contributed by atoms with Crippen LogP contribution >= 0.6 is 23.2 Å². The van der Waals surface area contributed by atoms with Gasteiger partial charge in [0.1, 0.15) is 17.1 Å². The zero-order valence-electron chi connectivity index (χ0n) is 25.6. The average molecular weight is 659 g/mol. The van der Waals surface area contributed by atoms with E-state index in [2.05, 4.69) is 6.07 Å². The van der Waals surface area contributed by atoms with E-state index in [1.54, 1.807) is 104 Å². The second-order valence-electron chi connectivity index (χ2n) is 11.3. The van der Waals surface area contributed by atoms with Gasteiger partial charge in [0, 0.05) is 27.4 Å². The predicted molar refractivity (Wildman–Crippen MR) is 175 cm³/mol. The number of esters is 1. The minimum absolute atomic E-state index is 0.00479. The molecule has 0 radical (unpaired) electrons. The van der Waals surface area contributed by atoms with Crippen LogP contribution in [-0.2, 0) is 15.1 Å². The van der Waals surface area contributed by atoms with Crippen LogP contribution in [0, 0.1) is 22.7 Å². The number of nitriles is 1. The van der Waals surface area contributed by atoms with E-state index in [9.17, 15) is 20.0 Å². The lowest BCUT2D eigenvalue weighted by Gasteiger charge is -2.54. The van der Waals surface area contributed by atoms with E-state index in [1.807, 2.05) is 0 Å². The molecule has 0 aromatic heterocycles. The van der Waals surface area contributed by atoms with Gasteiger partial charge < -0.3 is 19.3 Å². The van der Waals surface area contributed by atoms with E-state index in [0.717, 1.165) is 0 Å². The number of halogens is 2. The Bertz CT molecular complexity index is 1770. The van der Waals surface area contributed by atoms with Gasteiger partial charge in [-0.3, -0.25) is 9.59 Å². The van der Waals surface area contributed by atoms with Gasteiger partial charge in [-0.15, -0.1) is 0 Å². The average Bonchev–Trinajstić information content (AvgIpc) is 3.08. The summed E-state index contributed by atoms with van der Waals surface area (Å²) in [5.74, 6) is -3.86. The topological polar surface area (TPSA) is 106 Å². The van der Waals surface area contributed by atoms with Crippen LogP contribution in [0.2, 0.25) is 10.0 Å². The number of ketones is 1. The second kappa shape index (κ2) is 13.6. The monoisotopic (exact) mass is 657 g/mol. The molecule has 0 saturated heterocycles. The number of benzene rings is 4. The van der Waals surface area contributed by atoms with E-state index in [-0.39, 0.29) is 18.6 Å². The number of Topliss-reactive ketones (excluding diaryl/α,β-unsaturated/α-hetero) is 1. The smallest absolute Gasteiger partial charge is 0.327 e. The van der Waals surface area contributed by atoms with Crippen LogP contribution < -0.4 is 9.47 Å². The molecule has 4 aromatic carbocycles. The highest BCUT2D eigenvalue weighted by molar-refractivity contribution is 6.31. The summed E-state index contributed by atoms with van der Waals surface area (Å²) in [6.45, 7) is 1.66. The summed E-state index contributed by atoms with van der Waals surface area (Å²) >= 11 is 12.5. The van der Waals surface area contributed by atoms with Gasteiger partial charge in [-0.25, -0.2) is 0 Å². The molecule has 0 unspecified atom stereocenters. The number of nitrogens with zero attached hydrogens (tertiary/aromatic N) is 1. The number of aliphatic hydroxyl groups is 1. The molecule has 1 N–H and O–H groups in total. The zero-order chi connectivity index (χ0) is 33.1. The first-order valence-corrected chi connectivity index (χ1v) is 15.5. The number of methoxy groups -OCH3 is 2. The summed E-state index contributed by atoms with van der Waals surface area (Å²) in [6.07, 6.45) is -0.182. The lowest BCUT2D eigenvalue weighted by molar-refractivity contribution is -0.164. The van der Waals surface area contributed by atoms with Crippen molar-refractivity contribution in [2.24, 2.45) is 11.3 Å². The maximum atomic E-state index is 14.9. The number of hydrogen-bond acceptors (Lipinski definition) is 7. The van der Waals surface area contributed by atoms with Crippen LogP contribution in [0.15, 0.2) is 97.1 Å². The van der Waals surface area contributed by atoms with Gasteiger partial charge in [0.15, 0.2) is 11.2 Å². The van der Waals surface area contributed by atoms with Crippen LogP contribution in [0.1, 0.15) is 52.2 Å². The molecule has 7 nitrogen and oxygen atoms in total. The van der Waals surface area contributed by atoms with Crippen LogP contribution in [0.25, 0.3) is 0 Å². The van der Waals surface area contributed by atoms with Crippen molar-refractivity contribution in [1.29, 1.82) is 5.26 Å². The van der Waals surface area contributed by atoms with Gasteiger partial charge in [0.2, 0.25) is 0 Å². The predicted octanol–water partition coefficient (Wildman–Crippen LogP) is 7.74. The Hall–Kier alpha value is -4.35. The fraction of sp³-hybridized carbons (Fsp3) is 0.270. The lowest BCUT2D eigenvalue weighted by Crippen LogP contribution is -2.59. The normalized spacial score (nSPS) is 24.0. The largest absolute Gasteiger partial charge is 0.497 e. The third-order valence-corrected chi connectivity index (χ3v) is 9.41. The maximum absolute atomic E-state index is 14.9. The fourth-order valence-corrected chi connectivity index (χ4v) is 7.05. The Kier molecular flexibility index (Phi) is 9.74. The van der Waals surface area contributed by atoms with Gasteiger partial charge in [-0.05, 0) is 90.7 Å². The standard InChI is InChI=1S/C37H33Cl2NO6/c1-4-46-35(42)36(22-40)31(24-7-5-9-29(19-24)44-2)21-37(43,26-13-17-28(39)18-14-26)33(34(41)23-11-15-27(38)16-12-23)32(36)25-8-6-10-30(20-25)45-3/h5-20,31-33,43H,4,21H2,1-3H3/t31-,32-,33-,36-,37-/m0/s1. The quantitative estimate of drug-likeness (QED) is 0.145. The van der Waals surface area contributed by atoms with E-state index in [1.165, 1.54) is 14.2 Å². The highest BCUT2D eigenvalue weighted by atomic mass is 35.5. The molecule has 236 valence electrons. The summed E-state index contributed by atoms with van der Waals surface area (Å²) in [7, 11) is 3.02. The lowest BCUT2D eigenvalue weighted by atomic mass is 9.47. The van der Waals surface area contributed by atoms with Crippen molar-refractivity contribution in [3.63, 3.8) is 0 Å².